The third kappa shape index (κ3) is 2.24. The van der Waals surface area contributed by atoms with E-state index in [-0.39, 0.29) is 17.0 Å². The van der Waals surface area contributed by atoms with Crippen molar-refractivity contribution in [1.82, 2.24) is 14.5 Å². The van der Waals surface area contributed by atoms with Crippen molar-refractivity contribution in [1.29, 1.82) is 0 Å². The Kier molecular flexibility index (Phi) is 3.34. The Labute approximate surface area is 160 Å². The second-order valence-electron chi connectivity index (χ2n) is 7.12. The van der Waals surface area contributed by atoms with Gasteiger partial charge in [-0.1, -0.05) is 12.1 Å². The highest BCUT2D eigenvalue weighted by Crippen LogP contribution is 2.30. The van der Waals surface area contributed by atoms with Gasteiger partial charge in [0.05, 0.1) is 27.4 Å². The predicted octanol–water partition coefficient (Wildman–Crippen LogP) is 4.09. The van der Waals surface area contributed by atoms with Crippen molar-refractivity contribution in [3.8, 4) is 11.4 Å². The lowest BCUT2D eigenvalue weighted by Gasteiger charge is -2.09. The fourth-order valence-electron chi connectivity index (χ4n) is 3.62. The molecule has 6 nitrogen and oxygen atoms in total. The number of hydrogen-bond acceptors (Lipinski definition) is 5. The number of rotatable bonds is 1. The zero-order valence-electron chi connectivity index (χ0n) is 15.8. The van der Waals surface area contributed by atoms with Gasteiger partial charge in [-0.3, -0.25) is 4.79 Å². The lowest BCUT2D eigenvalue weighted by molar-refractivity contribution is 0.645. The molecule has 6 heteroatoms. The maximum absolute atomic E-state index is 13.1. The second kappa shape index (κ2) is 5.66. The zero-order chi connectivity index (χ0) is 19.6. The molecule has 0 bridgehead atoms. The molecule has 0 atom stereocenters. The fraction of sp³-hybridized carbons (Fsp3) is 0.136. The summed E-state index contributed by atoms with van der Waals surface area (Å²) in [5.74, 6) is 0.935. The minimum absolute atomic E-state index is 0.119. The summed E-state index contributed by atoms with van der Waals surface area (Å²) in [6.45, 7) is 3.96. The Bertz CT molecular complexity index is 1480. The molecule has 0 fully saturated rings. The van der Waals surface area contributed by atoms with Crippen molar-refractivity contribution in [3.63, 3.8) is 0 Å². The lowest BCUT2D eigenvalue weighted by atomic mass is 10.1. The van der Waals surface area contributed by atoms with Crippen LogP contribution in [-0.2, 0) is 7.05 Å². The molecule has 2 N–H and O–H groups in total. The summed E-state index contributed by atoms with van der Waals surface area (Å²) >= 11 is 0. The van der Waals surface area contributed by atoms with Crippen LogP contribution in [0.3, 0.4) is 0 Å². The number of fused-ring (bicyclic) bond motifs is 3. The molecule has 0 aliphatic rings. The molecule has 0 unspecified atom stereocenters. The van der Waals surface area contributed by atoms with Crippen molar-refractivity contribution in [2.75, 3.05) is 5.73 Å². The van der Waals surface area contributed by atoms with Crippen LogP contribution in [0.1, 0.15) is 11.1 Å². The summed E-state index contributed by atoms with van der Waals surface area (Å²) in [6.07, 6.45) is 0. The summed E-state index contributed by atoms with van der Waals surface area (Å²) in [4.78, 5) is 22.2. The number of imidazole rings is 1. The Morgan fingerprint density at radius 2 is 1.75 bits per heavy atom. The lowest BCUT2D eigenvalue weighted by Crippen LogP contribution is -2.07. The van der Waals surface area contributed by atoms with Crippen LogP contribution in [0, 0.1) is 13.8 Å². The smallest absolute Gasteiger partial charge is 0.232 e. The highest BCUT2D eigenvalue weighted by atomic mass is 16.3. The number of nitrogens with two attached hydrogens (primary N) is 1. The van der Waals surface area contributed by atoms with E-state index in [2.05, 4.69) is 9.97 Å². The van der Waals surface area contributed by atoms with Gasteiger partial charge >= 0.3 is 0 Å². The largest absolute Gasteiger partial charge is 0.437 e. The van der Waals surface area contributed by atoms with Gasteiger partial charge in [0.15, 0.2) is 0 Å². The van der Waals surface area contributed by atoms with Gasteiger partial charge < -0.3 is 14.7 Å². The van der Waals surface area contributed by atoms with E-state index >= 15 is 0 Å². The Morgan fingerprint density at radius 1 is 1.00 bits per heavy atom. The molecular weight excluding hydrogens is 352 g/mol. The monoisotopic (exact) mass is 370 g/mol. The molecule has 0 amide bonds. The average Bonchev–Trinajstić information content (AvgIpc) is 3.00. The van der Waals surface area contributed by atoms with E-state index in [0.717, 1.165) is 22.2 Å². The van der Waals surface area contributed by atoms with Crippen LogP contribution in [0.4, 0.5) is 5.82 Å². The molecule has 138 valence electrons. The van der Waals surface area contributed by atoms with Gasteiger partial charge in [-0.2, -0.15) is 4.98 Å². The molecule has 0 radical (unpaired) electrons. The summed E-state index contributed by atoms with van der Waals surface area (Å²) in [5, 5.41) is 0.935. The van der Waals surface area contributed by atoms with E-state index in [9.17, 15) is 4.79 Å². The molecule has 0 spiro atoms. The van der Waals surface area contributed by atoms with Crippen LogP contribution in [0.25, 0.3) is 44.5 Å². The van der Waals surface area contributed by atoms with E-state index in [0.29, 0.717) is 27.7 Å². The van der Waals surface area contributed by atoms with Gasteiger partial charge in [0.25, 0.3) is 0 Å². The molecule has 28 heavy (non-hydrogen) atoms. The fourth-order valence-corrected chi connectivity index (χ4v) is 3.62. The van der Waals surface area contributed by atoms with Gasteiger partial charge in [0, 0.05) is 7.05 Å². The van der Waals surface area contributed by atoms with Gasteiger partial charge in [-0.15, -0.1) is 0 Å². The van der Waals surface area contributed by atoms with Crippen LogP contribution in [0.15, 0.2) is 51.7 Å². The Hall–Kier alpha value is -3.67. The molecule has 2 aromatic carbocycles. The number of anilines is 1. The number of pyridine rings is 1. The van der Waals surface area contributed by atoms with Crippen molar-refractivity contribution < 1.29 is 4.42 Å². The highest BCUT2D eigenvalue weighted by Gasteiger charge is 2.18. The van der Waals surface area contributed by atoms with Crippen molar-refractivity contribution >= 4 is 38.9 Å². The maximum atomic E-state index is 13.1. The molecule has 0 aliphatic carbocycles. The second-order valence-corrected chi connectivity index (χ2v) is 7.12. The van der Waals surface area contributed by atoms with Crippen LogP contribution >= 0.6 is 0 Å². The summed E-state index contributed by atoms with van der Waals surface area (Å²) in [6, 6.07) is 13.3. The molecule has 3 heterocycles. The first kappa shape index (κ1) is 16.5. The molecule has 0 saturated carbocycles. The first-order chi connectivity index (χ1) is 13.4. The Morgan fingerprint density at radius 3 is 2.54 bits per heavy atom. The zero-order valence-corrected chi connectivity index (χ0v) is 15.8. The summed E-state index contributed by atoms with van der Waals surface area (Å²) in [5.41, 5.74) is 11.4. The normalized spacial score (nSPS) is 11.7. The van der Waals surface area contributed by atoms with E-state index in [1.807, 2.05) is 61.9 Å². The molecule has 0 aliphatic heterocycles. The number of nitrogen functional groups attached to an aromatic ring is 1. The third-order valence-electron chi connectivity index (χ3n) is 5.34. The van der Waals surface area contributed by atoms with Crippen molar-refractivity contribution in [3.05, 3.63) is 63.8 Å². The van der Waals surface area contributed by atoms with Gasteiger partial charge in [-0.25, -0.2) is 4.98 Å². The van der Waals surface area contributed by atoms with E-state index in [4.69, 9.17) is 10.2 Å². The predicted molar refractivity (Wildman–Crippen MR) is 111 cm³/mol. The molecule has 5 aromatic rings. The van der Waals surface area contributed by atoms with Gasteiger partial charge in [0.2, 0.25) is 11.1 Å². The van der Waals surface area contributed by atoms with Crippen molar-refractivity contribution in [2.45, 2.75) is 13.8 Å². The minimum atomic E-state index is -0.119. The van der Waals surface area contributed by atoms with Gasteiger partial charge in [-0.05, 0) is 55.3 Å². The van der Waals surface area contributed by atoms with Crippen molar-refractivity contribution in [2.24, 2.45) is 7.05 Å². The number of hydrogen-bond donors (Lipinski definition) is 1. The number of aromatic nitrogens is 3. The Balaban J connectivity index is 1.85. The summed E-state index contributed by atoms with van der Waals surface area (Å²) < 4.78 is 7.85. The number of para-hydroxylation sites is 2. The molecule has 3 aromatic heterocycles. The average molecular weight is 370 g/mol. The van der Waals surface area contributed by atoms with E-state index in [1.165, 1.54) is 0 Å². The maximum Gasteiger partial charge on any atom is 0.232 e. The topological polar surface area (TPSA) is 86.9 Å². The van der Waals surface area contributed by atoms with E-state index in [1.54, 1.807) is 6.07 Å². The minimum Gasteiger partial charge on any atom is -0.437 e. The summed E-state index contributed by atoms with van der Waals surface area (Å²) in [7, 11) is 1.92. The quantitative estimate of drug-likeness (QED) is 0.449. The SMILES string of the molecule is Cc1cc2oc3nc(N)c(-c4nc5ccccc5n4C)cc3c(=O)c2cc1C. The van der Waals surface area contributed by atoms with Crippen LogP contribution in [0.2, 0.25) is 0 Å². The number of nitrogens with zero attached hydrogens (tertiary/aromatic N) is 3. The van der Waals surface area contributed by atoms with E-state index < -0.39 is 0 Å². The highest BCUT2D eigenvalue weighted by molar-refractivity contribution is 5.93. The molecule has 0 saturated heterocycles. The number of aryl methyl sites for hydroxylation is 3. The standard InChI is InChI=1S/C22H18N4O2/c1-11-8-13-18(9-12(11)2)28-22-14(19(13)27)10-15(20(23)25-22)21-24-16-6-4-5-7-17(16)26(21)3/h4-10H,1-3H3,(H2,23,25). The first-order valence-electron chi connectivity index (χ1n) is 9.00. The number of benzene rings is 2. The van der Waals surface area contributed by atoms with Crippen LogP contribution < -0.4 is 11.2 Å². The first-order valence-corrected chi connectivity index (χ1v) is 9.00. The van der Waals surface area contributed by atoms with Crippen LogP contribution in [-0.4, -0.2) is 14.5 Å². The molecular formula is C22H18N4O2. The van der Waals surface area contributed by atoms with Crippen LogP contribution in [0.5, 0.6) is 0 Å². The molecule has 5 rings (SSSR count). The third-order valence-corrected chi connectivity index (χ3v) is 5.34. The van der Waals surface area contributed by atoms with Gasteiger partial charge in [0.1, 0.15) is 17.2 Å².